The van der Waals surface area contributed by atoms with Gasteiger partial charge in [-0.05, 0) is 78.2 Å². The molecule has 2 heterocycles. The highest BCUT2D eigenvalue weighted by molar-refractivity contribution is 6.23. The summed E-state index contributed by atoms with van der Waals surface area (Å²) in [5, 5.41) is 4.51. The molecule has 10 nitrogen and oxygen atoms in total. The Bertz CT molecular complexity index is 1870. The van der Waals surface area contributed by atoms with Gasteiger partial charge in [-0.25, -0.2) is 0 Å². The van der Waals surface area contributed by atoms with Crippen molar-refractivity contribution in [1.82, 2.24) is 10.6 Å². The minimum atomic E-state index is -0.498. The summed E-state index contributed by atoms with van der Waals surface area (Å²) in [5.74, 6) is -2.50. The van der Waals surface area contributed by atoms with E-state index in [2.05, 4.69) is 23.8 Å². The Morgan fingerprint density at radius 1 is 0.532 bits per heavy atom. The molecule has 0 aliphatic carbocycles. The van der Waals surface area contributed by atoms with Gasteiger partial charge in [-0.1, -0.05) is 36.4 Å². The largest absolute Gasteiger partial charge is 0.305 e. The molecule has 6 rings (SSSR count). The normalized spacial score (nSPS) is 12.9. The lowest BCUT2D eigenvalue weighted by molar-refractivity contribution is 0.0863. The highest BCUT2D eigenvalue weighted by Gasteiger charge is 2.30. The van der Waals surface area contributed by atoms with E-state index in [1.807, 2.05) is 24.3 Å². The van der Waals surface area contributed by atoms with E-state index in [1.165, 1.54) is 34.1 Å². The van der Waals surface area contributed by atoms with Gasteiger partial charge < -0.3 is 9.80 Å². The Balaban J connectivity index is 1.15. The summed E-state index contributed by atoms with van der Waals surface area (Å²) in [6.45, 7) is 7.90. The van der Waals surface area contributed by atoms with Crippen molar-refractivity contribution in [2.75, 3.05) is 22.9 Å². The molecule has 2 aliphatic rings. The van der Waals surface area contributed by atoms with Gasteiger partial charge in [-0.3, -0.25) is 39.4 Å². The second kappa shape index (κ2) is 12.5. The molecule has 0 radical (unpaired) electrons. The first kappa shape index (κ1) is 30.6. The molecule has 2 aliphatic heterocycles. The van der Waals surface area contributed by atoms with Crippen LogP contribution in [0.1, 0.15) is 73.3 Å². The number of rotatable bonds is 10. The van der Waals surface area contributed by atoms with Crippen molar-refractivity contribution in [3.05, 3.63) is 155 Å². The van der Waals surface area contributed by atoms with Gasteiger partial charge in [-0.15, -0.1) is 13.2 Å². The maximum Gasteiger partial charge on any atom is 0.259 e. The van der Waals surface area contributed by atoms with Crippen LogP contribution in [0, 0.1) is 0 Å². The lowest BCUT2D eigenvalue weighted by Gasteiger charge is -2.22. The molecule has 0 fully saturated rings. The standard InChI is InChI=1S/C37H28N4O6/c1-3-17-40(26-13-15-28-30(20-26)34(44)38-32(28)42)36(46)24-9-5-22(6-10-24)19-23-7-11-25(12-8-23)37(47)41(18-4-2)27-14-16-29-31(21-27)35(45)39-33(29)43/h3-16,20-21H,1-2,17-19H2,(H,38,42,44)(H,39,43,45). The second-order valence-electron chi connectivity index (χ2n) is 11.0. The van der Waals surface area contributed by atoms with Crippen LogP contribution >= 0.6 is 0 Å². The molecule has 6 amide bonds. The van der Waals surface area contributed by atoms with E-state index in [4.69, 9.17) is 0 Å². The Kier molecular flexibility index (Phi) is 8.15. The van der Waals surface area contributed by atoms with Gasteiger partial charge in [0.2, 0.25) is 0 Å². The molecule has 0 aromatic heterocycles. The van der Waals surface area contributed by atoms with Crippen LogP contribution in [0.2, 0.25) is 0 Å². The van der Waals surface area contributed by atoms with Gasteiger partial charge in [0.1, 0.15) is 0 Å². The van der Waals surface area contributed by atoms with Gasteiger partial charge in [0, 0.05) is 35.6 Å². The van der Waals surface area contributed by atoms with Gasteiger partial charge in [0.15, 0.2) is 0 Å². The molecule has 0 saturated heterocycles. The molecular formula is C37H28N4O6. The van der Waals surface area contributed by atoms with Crippen LogP contribution in [-0.4, -0.2) is 48.5 Å². The zero-order valence-corrected chi connectivity index (χ0v) is 25.1. The number of nitrogens with one attached hydrogen (secondary N) is 2. The first-order valence-corrected chi connectivity index (χ1v) is 14.7. The zero-order chi connectivity index (χ0) is 33.2. The lowest BCUT2D eigenvalue weighted by atomic mass is 10.0. The Morgan fingerprint density at radius 2 is 0.894 bits per heavy atom. The molecular weight excluding hydrogens is 596 g/mol. The van der Waals surface area contributed by atoms with Crippen molar-refractivity contribution in [3.63, 3.8) is 0 Å². The van der Waals surface area contributed by atoms with Crippen molar-refractivity contribution in [1.29, 1.82) is 0 Å². The van der Waals surface area contributed by atoms with E-state index in [9.17, 15) is 28.8 Å². The van der Waals surface area contributed by atoms with Crippen LogP contribution in [-0.2, 0) is 6.42 Å². The first-order chi connectivity index (χ1) is 22.7. The van der Waals surface area contributed by atoms with Crippen LogP contribution in [0.25, 0.3) is 0 Å². The van der Waals surface area contributed by atoms with Gasteiger partial charge in [0.05, 0.1) is 22.3 Å². The quantitative estimate of drug-likeness (QED) is 0.194. The van der Waals surface area contributed by atoms with E-state index in [-0.39, 0.29) is 47.2 Å². The summed E-state index contributed by atoms with van der Waals surface area (Å²) < 4.78 is 0. The molecule has 10 heteroatoms. The number of carbonyl (C=O) groups is 6. The van der Waals surface area contributed by atoms with E-state index in [1.54, 1.807) is 48.6 Å². The lowest BCUT2D eigenvalue weighted by Crippen LogP contribution is -2.31. The van der Waals surface area contributed by atoms with Crippen LogP contribution in [0.5, 0.6) is 0 Å². The third-order valence-corrected chi connectivity index (χ3v) is 7.99. The first-order valence-electron chi connectivity index (χ1n) is 14.7. The summed E-state index contributed by atoms with van der Waals surface area (Å²) in [7, 11) is 0. The number of benzene rings is 4. The van der Waals surface area contributed by atoms with Gasteiger partial charge >= 0.3 is 0 Å². The van der Waals surface area contributed by atoms with E-state index in [0.717, 1.165) is 11.1 Å². The summed E-state index contributed by atoms with van der Waals surface area (Å²) in [6, 6.07) is 23.7. The Labute approximate surface area is 270 Å². The minimum absolute atomic E-state index is 0.200. The number of hydrogen-bond acceptors (Lipinski definition) is 6. The summed E-state index contributed by atoms with van der Waals surface area (Å²) in [5.41, 5.74) is 4.71. The monoisotopic (exact) mass is 624 g/mol. The number of fused-ring (bicyclic) bond motifs is 2. The molecule has 0 spiro atoms. The number of carbonyl (C=O) groups excluding carboxylic acids is 6. The number of hydrogen-bond donors (Lipinski definition) is 2. The van der Waals surface area contributed by atoms with Crippen molar-refractivity contribution in [2.45, 2.75) is 6.42 Å². The second-order valence-corrected chi connectivity index (χ2v) is 11.0. The minimum Gasteiger partial charge on any atom is -0.305 e. The van der Waals surface area contributed by atoms with E-state index >= 15 is 0 Å². The average Bonchev–Trinajstić information content (AvgIpc) is 3.54. The fraction of sp³-hybridized carbons (Fsp3) is 0.0811. The Hall–Kier alpha value is -6.42. The third-order valence-electron chi connectivity index (χ3n) is 7.99. The molecule has 4 aromatic rings. The van der Waals surface area contributed by atoms with Crippen molar-refractivity contribution >= 4 is 46.8 Å². The smallest absolute Gasteiger partial charge is 0.259 e. The molecule has 0 atom stereocenters. The molecule has 0 saturated carbocycles. The fourth-order valence-corrected chi connectivity index (χ4v) is 5.59. The highest BCUT2D eigenvalue weighted by atomic mass is 16.2. The van der Waals surface area contributed by atoms with Gasteiger partial charge in [0.25, 0.3) is 35.4 Å². The fourth-order valence-electron chi connectivity index (χ4n) is 5.59. The maximum atomic E-state index is 13.5. The number of imide groups is 2. The van der Waals surface area contributed by atoms with Crippen molar-refractivity contribution in [3.8, 4) is 0 Å². The van der Waals surface area contributed by atoms with Crippen LogP contribution in [0.3, 0.4) is 0 Å². The maximum absolute atomic E-state index is 13.5. The topological polar surface area (TPSA) is 133 Å². The Morgan fingerprint density at radius 3 is 1.26 bits per heavy atom. The van der Waals surface area contributed by atoms with Crippen molar-refractivity contribution in [2.24, 2.45) is 0 Å². The van der Waals surface area contributed by atoms with E-state index in [0.29, 0.717) is 28.9 Å². The van der Waals surface area contributed by atoms with Crippen LogP contribution in [0.15, 0.2) is 110 Å². The molecule has 2 N–H and O–H groups in total. The third kappa shape index (κ3) is 5.87. The SMILES string of the molecule is C=CCN(C(=O)c1ccc(Cc2ccc(C(=O)N(CC=C)c3ccc4c(c3)C(=O)NC4=O)cc2)cc1)c1ccc2c(c1)C(=O)NC2=O. The van der Waals surface area contributed by atoms with Gasteiger partial charge in [-0.2, -0.15) is 0 Å². The summed E-state index contributed by atoms with van der Waals surface area (Å²) >= 11 is 0. The number of nitrogens with zero attached hydrogens (tertiary/aromatic N) is 2. The molecule has 0 bridgehead atoms. The van der Waals surface area contributed by atoms with Crippen molar-refractivity contribution < 1.29 is 28.8 Å². The molecule has 4 aromatic carbocycles. The number of amides is 6. The molecule has 47 heavy (non-hydrogen) atoms. The molecule has 0 unspecified atom stereocenters. The number of anilines is 2. The van der Waals surface area contributed by atoms with E-state index < -0.39 is 23.6 Å². The summed E-state index contributed by atoms with van der Waals surface area (Å²) in [4.78, 5) is 78.1. The summed E-state index contributed by atoms with van der Waals surface area (Å²) in [6.07, 6.45) is 3.72. The predicted molar refractivity (Wildman–Crippen MR) is 176 cm³/mol. The molecule has 232 valence electrons. The van der Waals surface area contributed by atoms with Crippen LogP contribution < -0.4 is 20.4 Å². The van der Waals surface area contributed by atoms with Crippen LogP contribution in [0.4, 0.5) is 11.4 Å². The zero-order valence-electron chi connectivity index (χ0n) is 25.1. The predicted octanol–water partition coefficient (Wildman–Crippen LogP) is 4.71. The highest BCUT2D eigenvalue weighted by Crippen LogP contribution is 2.27. The average molecular weight is 625 g/mol.